The molecule has 2 heteroatoms. The van der Waals surface area contributed by atoms with E-state index in [-0.39, 0.29) is 0 Å². The van der Waals surface area contributed by atoms with Crippen molar-refractivity contribution in [2.24, 2.45) is 5.41 Å². The van der Waals surface area contributed by atoms with E-state index in [1.54, 1.807) is 0 Å². The van der Waals surface area contributed by atoms with Gasteiger partial charge >= 0.3 is 0 Å². The molecule has 1 aromatic rings. The van der Waals surface area contributed by atoms with Crippen LogP contribution in [0.4, 0.5) is 0 Å². The molecule has 0 saturated carbocycles. The first-order chi connectivity index (χ1) is 11.6. The zero-order valence-corrected chi connectivity index (χ0v) is 16.1. The number of aliphatic hydroxyl groups is 1. The van der Waals surface area contributed by atoms with Crippen molar-refractivity contribution < 1.29 is 5.11 Å². The molecule has 24 heavy (non-hydrogen) atoms. The number of nitrogens with one attached hydrogen (secondary N) is 1. The van der Waals surface area contributed by atoms with Crippen LogP contribution >= 0.6 is 0 Å². The molecule has 0 saturated heterocycles. The third-order valence-corrected chi connectivity index (χ3v) is 4.84. The molecule has 0 aromatic heterocycles. The Morgan fingerprint density at radius 1 is 1.08 bits per heavy atom. The normalized spacial score (nSPS) is 13.5. The monoisotopic (exact) mass is 331 g/mol. The van der Waals surface area contributed by atoms with E-state index in [0.29, 0.717) is 5.41 Å². The summed E-state index contributed by atoms with van der Waals surface area (Å²) in [6.45, 7) is 7.68. The fourth-order valence-electron chi connectivity index (χ4n) is 3.71. The Morgan fingerprint density at radius 2 is 1.71 bits per heavy atom. The topological polar surface area (TPSA) is 32.3 Å². The van der Waals surface area contributed by atoms with Gasteiger partial charge in [0.15, 0.2) is 0 Å². The number of benzene rings is 1. The molecule has 0 bridgehead atoms. The number of allylic oxidation sites excluding steroid dienone is 1. The SMILES string of the molecule is CCCC(/C=C/c1cccc(C(O)CCNC)c1)(CCC)CCC. The minimum Gasteiger partial charge on any atom is -0.388 e. The van der Waals surface area contributed by atoms with Crippen LogP contribution in [0.2, 0.25) is 0 Å². The van der Waals surface area contributed by atoms with Gasteiger partial charge in [-0.2, -0.15) is 0 Å². The van der Waals surface area contributed by atoms with E-state index in [4.69, 9.17) is 0 Å². The van der Waals surface area contributed by atoms with Crippen molar-refractivity contribution in [3.8, 4) is 0 Å². The summed E-state index contributed by atoms with van der Waals surface area (Å²) >= 11 is 0. The predicted molar refractivity (Wildman–Crippen MR) is 106 cm³/mol. The molecule has 0 aliphatic heterocycles. The van der Waals surface area contributed by atoms with Crippen LogP contribution in [-0.4, -0.2) is 18.7 Å². The van der Waals surface area contributed by atoms with Gasteiger partial charge in [-0.1, -0.05) is 70.4 Å². The van der Waals surface area contributed by atoms with Crippen LogP contribution in [-0.2, 0) is 0 Å². The van der Waals surface area contributed by atoms with Gasteiger partial charge in [-0.25, -0.2) is 0 Å². The second-order valence-electron chi connectivity index (χ2n) is 7.02. The first-order valence-corrected chi connectivity index (χ1v) is 9.72. The summed E-state index contributed by atoms with van der Waals surface area (Å²) in [5.74, 6) is 0. The average molecular weight is 332 g/mol. The molecule has 0 amide bonds. The third kappa shape index (κ3) is 6.78. The molecular formula is C22H37NO. The van der Waals surface area contributed by atoms with Crippen molar-refractivity contribution in [1.29, 1.82) is 0 Å². The molecule has 0 aliphatic carbocycles. The van der Waals surface area contributed by atoms with Crippen LogP contribution in [0.5, 0.6) is 0 Å². The van der Waals surface area contributed by atoms with Crippen LogP contribution < -0.4 is 5.32 Å². The maximum absolute atomic E-state index is 10.3. The smallest absolute Gasteiger partial charge is 0.0802 e. The van der Waals surface area contributed by atoms with Crippen molar-refractivity contribution in [3.63, 3.8) is 0 Å². The van der Waals surface area contributed by atoms with E-state index in [9.17, 15) is 5.11 Å². The number of hydrogen-bond donors (Lipinski definition) is 2. The summed E-state index contributed by atoms with van der Waals surface area (Å²) in [7, 11) is 1.92. The number of rotatable bonds is 12. The van der Waals surface area contributed by atoms with Gasteiger partial charge in [-0.3, -0.25) is 0 Å². The summed E-state index contributed by atoms with van der Waals surface area (Å²) in [4.78, 5) is 0. The molecule has 1 aromatic carbocycles. The fraction of sp³-hybridized carbons (Fsp3) is 0.636. The Balaban J connectivity index is 2.93. The highest BCUT2D eigenvalue weighted by molar-refractivity contribution is 5.51. The van der Waals surface area contributed by atoms with Gasteiger partial charge in [0.1, 0.15) is 0 Å². The quantitative estimate of drug-likeness (QED) is 0.512. The molecule has 0 aliphatic rings. The van der Waals surface area contributed by atoms with Crippen molar-refractivity contribution >= 4 is 6.08 Å². The Bertz CT molecular complexity index is 464. The Hall–Kier alpha value is -1.12. The zero-order valence-electron chi connectivity index (χ0n) is 16.1. The van der Waals surface area contributed by atoms with Crippen molar-refractivity contribution in [2.45, 2.75) is 71.8 Å². The Kier molecular flexibility index (Phi) is 9.97. The highest BCUT2D eigenvalue weighted by Crippen LogP contribution is 2.37. The molecule has 1 atom stereocenters. The summed E-state index contributed by atoms with van der Waals surface area (Å²) in [5.41, 5.74) is 2.54. The summed E-state index contributed by atoms with van der Waals surface area (Å²) in [6, 6.07) is 8.35. The standard InChI is InChI=1S/C22H37NO/c1-5-13-22(14-6-2,15-7-3)16-11-19-9-8-10-20(18-19)21(24)12-17-23-4/h8-11,16,18,21,23-24H,5-7,12-15,17H2,1-4H3/b16-11+. The average Bonchev–Trinajstić information content (AvgIpc) is 2.59. The van der Waals surface area contributed by atoms with Gasteiger partial charge in [0.2, 0.25) is 0 Å². The lowest BCUT2D eigenvalue weighted by molar-refractivity contribution is 0.167. The van der Waals surface area contributed by atoms with Crippen LogP contribution in [0, 0.1) is 5.41 Å². The van der Waals surface area contributed by atoms with E-state index < -0.39 is 6.10 Å². The van der Waals surface area contributed by atoms with Gasteiger partial charge in [0.25, 0.3) is 0 Å². The van der Waals surface area contributed by atoms with Gasteiger partial charge in [0, 0.05) is 0 Å². The van der Waals surface area contributed by atoms with Crippen LogP contribution in [0.1, 0.15) is 82.9 Å². The zero-order chi connectivity index (χ0) is 17.8. The summed E-state index contributed by atoms with van der Waals surface area (Å²) in [5, 5.41) is 13.4. The van der Waals surface area contributed by atoms with Crippen LogP contribution in [0.25, 0.3) is 6.08 Å². The second kappa shape index (κ2) is 11.4. The summed E-state index contributed by atoms with van der Waals surface area (Å²) < 4.78 is 0. The molecular weight excluding hydrogens is 294 g/mol. The largest absolute Gasteiger partial charge is 0.388 e. The Labute approximate surface area is 149 Å². The minimum atomic E-state index is -0.391. The molecule has 0 radical (unpaired) electrons. The Morgan fingerprint density at radius 3 is 2.25 bits per heavy atom. The lowest BCUT2D eigenvalue weighted by Crippen LogP contribution is -2.17. The lowest BCUT2D eigenvalue weighted by Gasteiger charge is -2.30. The molecule has 2 nitrogen and oxygen atoms in total. The molecule has 1 rings (SSSR count). The highest BCUT2D eigenvalue weighted by atomic mass is 16.3. The first kappa shape index (κ1) is 20.9. The minimum absolute atomic E-state index is 0.332. The molecule has 0 heterocycles. The van der Waals surface area contributed by atoms with E-state index in [1.807, 2.05) is 13.1 Å². The molecule has 0 spiro atoms. The molecule has 1 unspecified atom stereocenters. The molecule has 136 valence electrons. The van der Waals surface area contributed by atoms with Crippen LogP contribution in [0.3, 0.4) is 0 Å². The maximum Gasteiger partial charge on any atom is 0.0802 e. The fourth-order valence-corrected chi connectivity index (χ4v) is 3.71. The van der Waals surface area contributed by atoms with Gasteiger partial charge < -0.3 is 10.4 Å². The maximum atomic E-state index is 10.3. The molecule has 2 N–H and O–H groups in total. The van der Waals surface area contributed by atoms with Gasteiger partial charge in [-0.05, 0) is 61.9 Å². The number of aliphatic hydroxyl groups excluding tert-OH is 1. The highest BCUT2D eigenvalue weighted by Gasteiger charge is 2.23. The summed E-state index contributed by atoms with van der Waals surface area (Å²) in [6.07, 6.45) is 12.5. The van der Waals surface area contributed by atoms with E-state index in [1.165, 1.54) is 44.1 Å². The van der Waals surface area contributed by atoms with E-state index in [2.05, 4.69) is 56.4 Å². The van der Waals surface area contributed by atoms with Gasteiger partial charge in [-0.15, -0.1) is 0 Å². The number of hydrogen-bond acceptors (Lipinski definition) is 2. The van der Waals surface area contributed by atoms with Crippen LogP contribution in [0.15, 0.2) is 30.3 Å². The van der Waals surface area contributed by atoms with Crippen molar-refractivity contribution in [2.75, 3.05) is 13.6 Å². The van der Waals surface area contributed by atoms with Crippen molar-refractivity contribution in [1.82, 2.24) is 5.32 Å². The lowest BCUT2D eigenvalue weighted by atomic mass is 9.75. The third-order valence-electron chi connectivity index (χ3n) is 4.84. The van der Waals surface area contributed by atoms with Crippen molar-refractivity contribution in [3.05, 3.63) is 41.5 Å². The van der Waals surface area contributed by atoms with Gasteiger partial charge in [0.05, 0.1) is 6.10 Å². The molecule has 0 fully saturated rings. The second-order valence-corrected chi connectivity index (χ2v) is 7.02. The first-order valence-electron chi connectivity index (χ1n) is 9.72. The van der Waals surface area contributed by atoms with E-state index in [0.717, 1.165) is 18.5 Å². The predicted octanol–water partition coefficient (Wildman–Crippen LogP) is 5.73. The van der Waals surface area contributed by atoms with E-state index >= 15 is 0 Å².